The first-order valence-corrected chi connectivity index (χ1v) is 6.96. The Hall–Kier alpha value is -0.650. The van der Waals surface area contributed by atoms with Crippen molar-refractivity contribution in [3.8, 4) is 0 Å². The van der Waals surface area contributed by atoms with Crippen molar-refractivity contribution in [3.05, 3.63) is 11.1 Å². The van der Waals surface area contributed by atoms with Gasteiger partial charge in [-0.25, -0.2) is 4.98 Å². The van der Waals surface area contributed by atoms with Gasteiger partial charge in [0.1, 0.15) is 0 Å². The Morgan fingerprint density at radius 1 is 1.53 bits per heavy atom. The summed E-state index contributed by atoms with van der Waals surface area (Å²) >= 11 is 1.58. The maximum absolute atomic E-state index is 9.03. The van der Waals surface area contributed by atoms with E-state index in [0.29, 0.717) is 0 Å². The lowest BCUT2D eigenvalue weighted by Gasteiger charge is -2.31. The van der Waals surface area contributed by atoms with Crippen LogP contribution < -0.4 is 4.90 Å². The second-order valence-electron chi connectivity index (χ2n) is 4.89. The average molecular weight is 255 g/mol. The highest BCUT2D eigenvalue weighted by Crippen LogP contribution is 2.24. The van der Waals surface area contributed by atoms with E-state index in [1.54, 1.807) is 17.5 Å². The van der Waals surface area contributed by atoms with E-state index in [2.05, 4.69) is 28.9 Å². The molecule has 1 aliphatic rings. The SMILES string of the molecule is CN1CCC(CN(C)c2ncc(CO)s2)CC1. The van der Waals surface area contributed by atoms with E-state index in [-0.39, 0.29) is 6.61 Å². The fourth-order valence-electron chi connectivity index (χ4n) is 2.26. The number of aromatic nitrogens is 1. The normalized spacial score (nSPS) is 18.5. The lowest BCUT2D eigenvalue weighted by molar-refractivity contribution is 0.222. The molecular weight excluding hydrogens is 234 g/mol. The van der Waals surface area contributed by atoms with Crippen LogP contribution in [0.1, 0.15) is 17.7 Å². The van der Waals surface area contributed by atoms with Gasteiger partial charge in [0.25, 0.3) is 0 Å². The summed E-state index contributed by atoms with van der Waals surface area (Å²) in [6.45, 7) is 3.59. The molecule has 1 aromatic heterocycles. The number of aliphatic hydroxyl groups is 1. The number of hydrogen-bond acceptors (Lipinski definition) is 5. The molecule has 1 aromatic rings. The fourth-order valence-corrected chi connectivity index (χ4v) is 3.00. The predicted octanol–water partition coefficient (Wildman–Crippen LogP) is 1.41. The van der Waals surface area contributed by atoms with E-state index < -0.39 is 0 Å². The zero-order chi connectivity index (χ0) is 12.3. The van der Waals surface area contributed by atoms with Crippen molar-refractivity contribution in [3.63, 3.8) is 0 Å². The maximum Gasteiger partial charge on any atom is 0.185 e. The van der Waals surface area contributed by atoms with Crippen LogP contribution in [0.3, 0.4) is 0 Å². The van der Waals surface area contributed by atoms with Gasteiger partial charge in [-0.1, -0.05) is 11.3 Å². The molecule has 0 amide bonds. The first-order valence-electron chi connectivity index (χ1n) is 6.14. The van der Waals surface area contributed by atoms with Crippen molar-refractivity contribution in [2.45, 2.75) is 19.4 Å². The molecule has 1 aliphatic heterocycles. The number of nitrogens with zero attached hydrogens (tertiary/aromatic N) is 3. The minimum Gasteiger partial charge on any atom is -0.391 e. The summed E-state index contributed by atoms with van der Waals surface area (Å²) in [6.07, 6.45) is 4.32. The van der Waals surface area contributed by atoms with E-state index in [4.69, 9.17) is 5.11 Å². The summed E-state index contributed by atoms with van der Waals surface area (Å²) in [5.41, 5.74) is 0. The van der Waals surface area contributed by atoms with Gasteiger partial charge in [0.05, 0.1) is 11.5 Å². The largest absolute Gasteiger partial charge is 0.391 e. The van der Waals surface area contributed by atoms with Crippen LogP contribution in [-0.2, 0) is 6.61 Å². The maximum atomic E-state index is 9.03. The molecule has 0 bridgehead atoms. The number of rotatable bonds is 4. The van der Waals surface area contributed by atoms with Crippen molar-refractivity contribution >= 4 is 16.5 Å². The Bertz CT molecular complexity index is 347. The van der Waals surface area contributed by atoms with Gasteiger partial charge in [0, 0.05) is 19.8 Å². The molecule has 0 atom stereocenters. The lowest BCUT2D eigenvalue weighted by atomic mass is 9.97. The van der Waals surface area contributed by atoms with Crippen molar-refractivity contribution in [2.75, 3.05) is 38.6 Å². The van der Waals surface area contributed by atoms with Crippen LogP contribution in [0.4, 0.5) is 5.13 Å². The van der Waals surface area contributed by atoms with Crippen LogP contribution >= 0.6 is 11.3 Å². The van der Waals surface area contributed by atoms with E-state index >= 15 is 0 Å². The Kier molecular flexibility index (Phi) is 4.36. The summed E-state index contributed by atoms with van der Waals surface area (Å²) in [5.74, 6) is 0.776. The summed E-state index contributed by atoms with van der Waals surface area (Å²) in [6, 6.07) is 0. The zero-order valence-electron chi connectivity index (χ0n) is 10.6. The number of hydrogen-bond donors (Lipinski definition) is 1. The predicted molar refractivity (Wildman–Crippen MR) is 71.5 cm³/mol. The van der Waals surface area contributed by atoms with Crippen LogP contribution in [0.15, 0.2) is 6.20 Å². The van der Waals surface area contributed by atoms with Crippen LogP contribution in [0.2, 0.25) is 0 Å². The molecule has 17 heavy (non-hydrogen) atoms. The summed E-state index contributed by atoms with van der Waals surface area (Å²) in [4.78, 5) is 9.90. The van der Waals surface area contributed by atoms with E-state index in [9.17, 15) is 0 Å². The van der Waals surface area contributed by atoms with Crippen LogP contribution in [0.25, 0.3) is 0 Å². The van der Waals surface area contributed by atoms with Crippen molar-refractivity contribution in [1.29, 1.82) is 0 Å². The molecule has 4 nitrogen and oxygen atoms in total. The van der Waals surface area contributed by atoms with Crippen molar-refractivity contribution in [2.24, 2.45) is 5.92 Å². The summed E-state index contributed by atoms with van der Waals surface area (Å²) in [7, 11) is 4.28. The molecule has 0 saturated carbocycles. The molecule has 0 aromatic carbocycles. The molecule has 1 saturated heterocycles. The number of likely N-dealkylation sites (tertiary alicyclic amines) is 1. The monoisotopic (exact) mass is 255 g/mol. The van der Waals surface area contributed by atoms with Crippen LogP contribution in [0, 0.1) is 5.92 Å². The number of anilines is 1. The van der Waals surface area contributed by atoms with Gasteiger partial charge < -0.3 is 14.9 Å². The van der Waals surface area contributed by atoms with Gasteiger partial charge in [-0.3, -0.25) is 0 Å². The molecule has 2 heterocycles. The van der Waals surface area contributed by atoms with E-state index in [1.807, 2.05) is 0 Å². The third-order valence-corrected chi connectivity index (χ3v) is 4.49. The number of aliphatic hydroxyl groups excluding tert-OH is 1. The number of piperidine rings is 1. The molecule has 0 unspecified atom stereocenters. The Morgan fingerprint density at radius 2 is 2.24 bits per heavy atom. The highest BCUT2D eigenvalue weighted by molar-refractivity contribution is 7.15. The Labute approximate surface area is 107 Å². The molecule has 96 valence electrons. The summed E-state index contributed by atoms with van der Waals surface area (Å²) < 4.78 is 0. The third kappa shape index (κ3) is 3.40. The van der Waals surface area contributed by atoms with Crippen LogP contribution in [0.5, 0.6) is 0 Å². The molecule has 0 radical (unpaired) electrons. The van der Waals surface area contributed by atoms with Crippen molar-refractivity contribution < 1.29 is 5.11 Å². The third-order valence-electron chi connectivity index (χ3n) is 3.39. The molecule has 2 rings (SSSR count). The smallest absolute Gasteiger partial charge is 0.185 e. The Morgan fingerprint density at radius 3 is 2.82 bits per heavy atom. The quantitative estimate of drug-likeness (QED) is 0.883. The first kappa shape index (κ1) is 12.8. The van der Waals surface area contributed by atoms with Gasteiger partial charge in [0.15, 0.2) is 5.13 Å². The van der Waals surface area contributed by atoms with E-state index in [1.165, 1.54) is 25.9 Å². The highest BCUT2D eigenvalue weighted by atomic mass is 32.1. The summed E-state index contributed by atoms with van der Waals surface area (Å²) in [5, 5.41) is 10.1. The van der Waals surface area contributed by atoms with Crippen LogP contribution in [-0.4, -0.2) is 48.7 Å². The van der Waals surface area contributed by atoms with Gasteiger partial charge in [-0.15, -0.1) is 0 Å². The topological polar surface area (TPSA) is 39.6 Å². The second kappa shape index (κ2) is 5.80. The average Bonchev–Trinajstić information content (AvgIpc) is 2.81. The molecule has 5 heteroatoms. The zero-order valence-corrected chi connectivity index (χ0v) is 11.4. The second-order valence-corrected chi connectivity index (χ2v) is 5.99. The van der Waals surface area contributed by atoms with E-state index in [0.717, 1.165) is 22.5 Å². The standard InChI is InChI=1S/C12H21N3OS/c1-14-5-3-10(4-6-14)8-15(2)12-13-7-11(9-16)17-12/h7,10,16H,3-6,8-9H2,1-2H3. The van der Waals surface area contributed by atoms with Gasteiger partial charge in [0.2, 0.25) is 0 Å². The first-order chi connectivity index (χ1) is 8.19. The highest BCUT2D eigenvalue weighted by Gasteiger charge is 2.19. The molecule has 1 N–H and O–H groups in total. The molecule has 0 aliphatic carbocycles. The lowest BCUT2D eigenvalue weighted by Crippen LogP contribution is -2.35. The fraction of sp³-hybridized carbons (Fsp3) is 0.750. The molecule has 0 spiro atoms. The van der Waals surface area contributed by atoms with Gasteiger partial charge in [-0.2, -0.15) is 0 Å². The number of thiazole rings is 1. The van der Waals surface area contributed by atoms with Gasteiger partial charge in [-0.05, 0) is 38.9 Å². The minimum absolute atomic E-state index is 0.0970. The van der Waals surface area contributed by atoms with Crippen molar-refractivity contribution in [1.82, 2.24) is 9.88 Å². The Balaban J connectivity index is 1.86. The molecule has 1 fully saturated rings. The minimum atomic E-state index is 0.0970. The van der Waals surface area contributed by atoms with Gasteiger partial charge >= 0.3 is 0 Å². The molecular formula is C12H21N3OS.